The van der Waals surface area contributed by atoms with Gasteiger partial charge in [-0.05, 0) is 43.8 Å². The van der Waals surface area contributed by atoms with Gasteiger partial charge in [-0.15, -0.1) is 0 Å². The summed E-state index contributed by atoms with van der Waals surface area (Å²) in [7, 11) is 0. The average Bonchev–Trinajstić information content (AvgIpc) is 3.43. The van der Waals surface area contributed by atoms with Crippen LogP contribution in [0.15, 0.2) is 24.0 Å². The van der Waals surface area contributed by atoms with E-state index in [1.165, 1.54) is 0 Å². The van der Waals surface area contributed by atoms with Crippen molar-refractivity contribution in [3.63, 3.8) is 0 Å². The first-order valence-electron chi connectivity index (χ1n) is 10.8. The number of amides is 1. The summed E-state index contributed by atoms with van der Waals surface area (Å²) >= 11 is 0. The van der Waals surface area contributed by atoms with E-state index in [9.17, 15) is 14.3 Å². The number of aliphatic hydroxyl groups excluding tert-OH is 1. The van der Waals surface area contributed by atoms with Gasteiger partial charge in [0.25, 0.3) is 0 Å². The lowest BCUT2D eigenvalue weighted by atomic mass is 9.93. The fourth-order valence-electron chi connectivity index (χ4n) is 4.45. The molecule has 0 spiro atoms. The first kappa shape index (κ1) is 19.9. The van der Waals surface area contributed by atoms with Crippen LogP contribution in [0.25, 0.3) is 11.7 Å². The number of halogens is 1. The SMILES string of the molecule is C=C1NC(=O)C/C1=C\c1cnn2c(N3CC[C@@H](F)C3)nc(NC3CCC(O)CC3)nc12. The van der Waals surface area contributed by atoms with Gasteiger partial charge >= 0.3 is 0 Å². The zero-order valence-electron chi connectivity index (χ0n) is 17.2. The summed E-state index contributed by atoms with van der Waals surface area (Å²) in [5.74, 6) is 0.925. The number of hydrogen-bond acceptors (Lipinski definition) is 7. The Morgan fingerprint density at radius 1 is 1.26 bits per heavy atom. The summed E-state index contributed by atoms with van der Waals surface area (Å²) in [6, 6.07) is 0.173. The van der Waals surface area contributed by atoms with Crippen LogP contribution in [0.2, 0.25) is 0 Å². The van der Waals surface area contributed by atoms with Crippen molar-refractivity contribution in [2.45, 2.75) is 56.8 Å². The number of anilines is 2. The molecule has 3 aliphatic rings. The van der Waals surface area contributed by atoms with Crippen LogP contribution in [0.5, 0.6) is 0 Å². The number of aromatic nitrogens is 4. The number of rotatable bonds is 4. The van der Waals surface area contributed by atoms with Crippen LogP contribution >= 0.6 is 0 Å². The highest BCUT2D eigenvalue weighted by Gasteiger charge is 2.28. The molecule has 31 heavy (non-hydrogen) atoms. The predicted molar refractivity (Wildman–Crippen MR) is 114 cm³/mol. The molecule has 1 aliphatic carbocycles. The van der Waals surface area contributed by atoms with Gasteiger partial charge in [-0.3, -0.25) is 4.79 Å². The molecule has 3 N–H and O–H groups in total. The van der Waals surface area contributed by atoms with E-state index in [0.29, 0.717) is 36.2 Å². The number of nitrogens with zero attached hydrogens (tertiary/aromatic N) is 5. The van der Waals surface area contributed by atoms with Crippen LogP contribution < -0.4 is 15.5 Å². The molecule has 10 heteroatoms. The van der Waals surface area contributed by atoms with E-state index in [0.717, 1.165) is 36.8 Å². The fraction of sp³-hybridized carbons (Fsp3) is 0.524. The fourth-order valence-corrected chi connectivity index (χ4v) is 4.45. The van der Waals surface area contributed by atoms with Crippen molar-refractivity contribution in [1.82, 2.24) is 24.9 Å². The number of fused-ring (bicyclic) bond motifs is 1. The van der Waals surface area contributed by atoms with Crippen LogP contribution in [0.1, 0.15) is 44.1 Å². The van der Waals surface area contributed by atoms with E-state index in [2.05, 4.69) is 27.3 Å². The maximum absolute atomic E-state index is 13.9. The van der Waals surface area contributed by atoms with Crippen molar-refractivity contribution < 1.29 is 14.3 Å². The molecule has 1 saturated carbocycles. The zero-order chi connectivity index (χ0) is 21.5. The molecule has 0 unspecified atom stereocenters. The molecule has 2 aromatic rings. The second-order valence-electron chi connectivity index (χ2n) is 8.54. The molecule has 0 radical (unpaired) electrons. The van der Waals surface area contributed by atoms with E-state index >= 15 is 0 Å². The molecule has 1 atom stereocenters. The topological polar surface area (TPSA) is 108 Å². The van der Waals surface area contributed by atoms with Crippen LogP contribution in [0.3, 0.4) is 0 Å². The minimum Gasteiger partial charge on any atom is -0.393 e. The first-order valence-corrected chi connectivity index (χ1v) is 10.8. The quantitative estimate of drug-likeness (QED) is 0.683. The minimum absolute atomic E-state index is 0.0871. The second-order valence-corrected chi connectivity index (χ2v) is 8.54. The summed E-state index contributed by atoms with van der Waals surface area (Å²) in [6.07, 6.45) is 6.30. The summed E-state index contributed by atoms with van der Waals surface area (Å²) < 4.78 is 15.5. The van der Waals surface area contributed by atoms with Crippen molar-refractivity contribution in [3.8, 4) is 0 Å². The Hall–Kier alpha value is -3.01. The number of alkyl halides is 1. The standard InChI is InChI=1S/C21H26FN7O2/c1-12-13(9-18(31)24-12)8-14-10-23-29-19(14)26-20(25-16-2-4-17(30)5-3-16)27-21(29)28-7-6-15(22)11-28/h8,10,15-17,30H,1-7,9,11H2,(H,24,31)(H,25,26)/b13-8+/t15-,16?,17?/m1/s1. The number of aliphatic hydroxyl groups is 1. The van der Waals surface area contributed by atoms with Gasteiger partial charge in [-0.2, -0.15) is 19.6 Å². The molecule has 2 aromatic heterocycles. The van der Waals surface area contributed by atoms with Gasteiger partial charge in [0.05, 0.1) is 25.3 Å². The highest BCUT2D eigenvalue weighted by atomic mass is 19.1. The Balaban J connectivity index is 1.53. The molecule has 2 saturated heterocycles. The van der Waals surface area contributed by atoms with Gasteiger partial charge < -0.3 is 20.6 Å². The van der Waals surface area contributed by atoms with Gasteiger partial charge in [-0.25, -0.2) is 4.39 Å². The maximum atomic E-state index is 13.9. The maximum Gasteiger partial charge on any atom is 0.231 e. The number of nitrogens with one attached hydrogen (secondary N) is 2. The van der Waals surface area contributed by atoms with Crippen molar-refractivity contribution in [2.75, 3.05) is 23.3 Å². The highest BCUT2D eigenvalue weighted by molar-refractivity contribution is 5.89. The number of carbonyl (C=O) groups is 1. The summed E-state index contributed by atoms with van der Waals surface area (Å²) in [4.78, 5) is 22.9. The molecule has 164 valence electrons. The lowest BCUT2D eigenvalue weighted by Gasteiger charge is -2.26. The Bertz CT molecular complexity index is 1060. The third kappa shape index (κ3) is 3.99. The summed E-state index contributed by atoms with van der Waals surface area (Å²) in [5, 5.41) is 20.3. The van der Waals surface area contributed by atoms with E-state index in [1.54, 1.807) is 10.7 Å². The third-order valence-corrected chi connectivity index (χ3v) is 6.18. The molecule has 0 bridgehead atoms. The molecule has 4 heterocycles. The number of allylic oxidation sites excluding steroid dienone is 1. The van der Waals surface area contributed by atoms with E-state index in [-0.39, 0.29) is 31.0 Å². The molecule has 2 aliphatic heterocycles. The van der Waals surface area contributed by atoms with Crippen LogP contribution in [-0.4, -0.2) is 62.0 Å². The normalized spacial score (nSPS) is 28.0. The zero-order valence-corrected chi connectivity index (χ0v) is 17.2. The van der Waals surface area contributed by atoms with Gasteiger partial charge in [-0.1, -0.05) is 6.58 Å². The Labute approximate surface area is 179 Å². The Morgan fingerprint density at radius 3 is 2.74 bits per heavy atom. The molecule has 9 nitrogen and oxygen atoms in total. The largest absolute Gasteiger partial charge is 0.393 e. The van der Waals surface area contributed by atoms with E-state index < -0.39 is 6.17 Å². The van der Waals surface area contributed by atoms with Crippen LogP contribution in [0.4, 0.5) is 16.3 Å². The van der Waals surface area contributed by atoms with Crippen molar-refractivity contribution in [2.24, 2.45) is 0 Å². The lowest BCUT2D eigenvalue weighted by Crippen LogP contribution is -2.30. The molecule has 3 fully saturated rings. The molecule has 1 amide bonds. The summed E-state index contributed by atoms with van der Waals surface area (Å²) in [5.41, 5.74) is 2.71. The third-order valence-electron chi connectivity index (χ3n) is 6.18. The van der Waals surface area contributed by atoms with Crippen LogP contribution in [0, 0.1) is 0 Å². The molecular formula is C21H26FN7O2. The number of hydrogen-bond donors (Lipinski definition) is 3. The minimum atomic E-state index is -0.891. The Kier molecular flexibility index (Phi) is 5.09. The van der Waals surface area contributed by atoms with Crippen molar-refractivity contribution >= 4 is 29.5 Å². The average molecular weight is 427 g/mol. The smallest absolute Gasteiger partial charge is 0.231 e. The van der Waals surface area contributed by atoms with Gasteiger partial charge in [0.2, 0.25) is 17.8 Å². The van der Waals surface area contributed by atoms with Gasteiger partial charge in [0.15, 0.2) is 5.65 Å². The Morgan fingerprint density at radius 2 is 2.06 bits per heavy atom. The number of carbonyl (C=O) groups excluding carboxylic acids is 1. The lowest BCUT2D eigenvalue weighted by molar-refractivity contribution is -0.118. The first-order chi connectivity index (χ1) is 15.0. The monoisotopic (exact) mass is 427 g/mol. The van der Waals surface area contributed by atoms with Crippen LogP contribution in [-0.2, 0) is 4.79 Å². The summed E-state index contributed by atoms with van der Waals surface area (Å²) in [6.45, 7) is 4.73. The molecule has 0 aromatic carbocycles. The van der Waals surface area contributed by atoms with Crippen molar-refractivity contribution in [1.29, 1.82) is 0 Å². The van der Waals surface area contributed by atoms with Crippen molar-refractivity contribution in [3.05, 3.63) is 29.6 Å². The van der Waals surface area contributed by atoms with Gasteiger partial charge in [0.1, 0.15) is 6.17 Å². The van der Waals surface area contributed by atoms with E-state index in [1.807, 2.05) is 11.0 Å². The highest BCUT2D eigenvalue weighted by Crippen LogP contribution is 2.28. The molecule has 5 rings (SSSR count). The second kappa shape index (κ2) is 7.92. The van der Waals surface area contributed by atoms with E-state index in [4.69, 9.17) is 4.98 Å². The molecular weight excluding hydrogens is 401 g/mol. The van der Waals surface area contributed by atoms with Gasteiger partial charge in [0, 0.05) is 23.8 Å². The predicted octanol–water partition coefficient (Wildman–Crippen LogP) is 1.80.